The minimum atomic E-state index is -0.879. The number of carboxylic acid groups (broad SMARTS) is 1. The van der Waals surface area contributed by atoms with Crippen LogP contribution in [0.4, 0.5) is 0 Å². The molecule has 1 aromatic carbocycles. The summed E-state index contributed by atoms with van der Waals surface area (Å²) in [6.07, 6.45) is 0.351. The van der Waals surface area contributed by atoms with Crippen molar-refractivity contribution in [3.05, 3.63) is 30.1 Å². The number of aromatic amines is 1. The van der Waals surface area contributed by atoms with Crippen molar-refractivity contribution in [2.24, 2.45) is 0 Å². The number of aromatic nitrogens is 2. The first-order chi connectivity index (χ1) is 7.16. The average Bonchev–Trinajstić information content (AvgIpc) is 2.59. The number of aliphatic carboxylic acids is 1. The monoisotopic (exact) mass is 268 g/mol. The van der Waals surface area contributed by atoms with Gasteiger partial charge in [0, 0.05) is 6.42 Å². The topological polar surface area (TPSA) is 66.0 Å². The second kappa shape index (κ2) is 4.02. The van der Waals surface area contributed by atoms with E-state index in [9.17, 15) is 4.79 Å². The summed E-state index contributed by atoms with van der Waals surface area (Å²) in [5, 5.41) is 8.73. The Morgan fingerprint density at radius 1 is 1.53 bits per heavy atom. The molecule has 0 amide bonds. The Balaban J connectivity index is 2.26. The smallest absolute Gasteiger partial charge is 0.317 e. The number of nitrogens with one attached hydrogen (secondary N) is 1. The number of para-hydroxylation sites is 2. The summed E-state index contributed by atoms with van der Waals surface area (Å²) < 4.78 is 0. The molecule has 4 nitrogen and oxygen atoms in total. The number of carbonyl (C=O) groups is 1. The molecule has 2 rings (SSSR count). The lowest BCUT2D eigenvalue weighted by Crippen LogP contribution is -2.16. The summed E-state index contributed by atoms with van der Waals surface area (Å²) in [5.74, 6) is -0.198. The molecule has 0 fully saturated rings. The van der Waals surface area contributed by atoms with E-state index in [0.29, 0.717) is 12.2 Å². The zero-order valence-corrected chi connectivity index (χ0v) is 9.36. The van der Waals surface area contributed by atoms with Crippen LogP contribution < -0.4 is 0 Å². The number of hydrogen-bond acceptors (Lipinski definition) is 2. The zero-order valence-electron chi connectivity index (χ0n) is 7.77. The Bertz CT molecular complexity index is 462. The van der Waals surface area contributed by atoms with E-state index in [2.05, 4.69) is 25.9 Å². The van der Waals surface area contributed by atoms with Crippen LogP contribution in [0.2, 0.25) is 0 Å². The number of benzene rings is 1. The number of carboxylic acids is 1. The second-order valence-corrected chi connectivity index (χ2v) is 4.32. The van der Waals surface area contributed by atoms with Crippen LogP contribution in [-0.4, -0.2) is 25.9 Å². The minimum absolute atomic E-state index is 0.351. The second-order valence-electron chi connectivity index (χ2n) is 3.21. The lowest BCUT2D eigenvalue weighted by Gasteiger charge is -1.99. The molecule has 78 valence electrons. The molecule has 0 bridgehead atoms. The van der Waals surface area contributed by atoms with Crippen molar-refractivity contribution >= 4 is 32.9 Å². The molecule has 2 aromatic rings. The first kappa shape index (κ1) is 10.2. The van der Waals surface area contributed by atoms with Gasteiger partial charge in [-0.05, 0) is 12.1 Å². The summed E-state index contributed by atoms with van der Waals surface area (Å²) in [6.45, 7) is 0. The van der Waals surface area contributed by atoms with Gasteiger partial charge in [0.1, 0.15) is 10.7 Å². The third-order valence-corrected chi connectivity index (χ3v) is 2.79. The molecule has 1 unspecified atom stereocenters. The zero-order chi connectivity index (χ0) is 10.8. The fourth-order valence-electron chi connectivity index (χ4n) is 1.36. The van der Waals surface area contributed by atoms with Crippen LogP contribution in [0.1, 0.15) is 5.82 Å². The third-order valence-electron chi connectivity index (χ3n) is 2.08. The third kappa shape index (κ3) is 2.18. The van der Waals surface area contributed by atoms with Crippen LogP contribution >= 0.6 is 15.9 Å². The molecule has 1 atom stereocenters. The number of H-pyrrole nitrogens is 1. The molecule has 1 heterocycles. The number of hydrogen-bond donors (Lipinski definition) is 2. The van der Waals surface area contributed by atoms with Gasteiger partial charge < -0.3 is 10.1 Å². The molecule has 1 aromatic heterocycles. The van der Waals surface area contributed by atoms with Crippen LogP contribution in [0.25, 0.3) is 11.0 Å². The average molecular weight is 269 g/mol. The highest BCUT2D eigenvalue weighted by molar-refractivity contribution is 9.10. The largest absolute Gasteiger partial charge is 0.480 e. The van der Waals surface area contributed by atoms with Gasteiger partial charge in [-0.1, -0.05) is 28.1 Å². The number of nitrogens with zero attached hydrogens (tertiary/aromatic N) is 1. The highest BCUT2D eigenvalue weighted by Gasteiger charge is 2.15. The minimum Gasteiger partial charge on any atom is -0.480 e. The number of imidazole rings is 1. The first-order valence-corrected chi connectivity index (χ1v) is 5.39. The maximum atomic E-state index is 10.6. The van der Waals surface area contributed by atoms with Gasteiger partial charge in [0.15, 0.2) is 0 Å². The molecule has 0 saturated heterocycles. The molecule has 2 N–H and O–H groups in total. The Labute approximate surface area is 94.5 Å². The van der Waals surface area contributed by atoms with Crippen molar-refractivity contribution in [3.63, 3.8) is 0 Å². The maximum absolute atomic E-state index is 10.6. The Morgan fingerprint density at radius 3 is 2.93 bits per heavy atom. The number of rotatable bonds is 3. The van der Waals surface area contributed by atoms with Gasteiger partial charge in [-0.3, -0.25) is 4.79 Å². The summed E-state index contributed by atoms with van der Waals surface area (Å²) in [4.78, 5) is 17.4. The molecule has 0 spiro atoms. The van der Waals surface area contributed by atoms with E-state index in [4.69, 9.17) is 5.11 Å². The van der Waals surface area contributed by atoms with Gasteiger partial charge in [-0.2, -0.15) is 0 Å². The summed E-state index contributed by atoms with van der Waals surface area (Å²) >= 11 is 3.08. The first-order valence-electron chi connectivity index (χ1n) is 4.47. The Morgan fingerprint density at radius 2 is 2.27 bits per heavy atom. The Kier molecular flexibility index (Phi) is 2.73. The standard InChI is InChI=1S/C10H9BrN2O2/c11-6(10(14)15)5-9-12-7-3-1-2-4-8(7)13-9/h1-4,6H,5H2,(H,12,13)(H,14,15). The lowest BCUT2D eigenvalue weighted by molar-refractivity contribution is -0.136. The van der Waals surface area contributed by atoms with Crippen LogP contribution in [-0.2, 0) is 11.2 Å². The normalized spacial score (nSPS) is 12.9. The molecular formula is C10H9BrN2O2. The molecule has 0 aliphatic rings. The van der Waals surface area contributed by atoms with Crippen LogP contribution in [0.3, 0.4) is 0 Å². The molecule has 15 heavy (non-hydrogen) atoms. The van der Waals surface area contributed by atoms with E-state index in [-0.39, 0.29) is 0 Å². The number of alkyl halides is 1. The van der Waals surface area contributed by atoms with Crippen LogP contribution in [0.15, 0.2) is 24.3 Å². The lowest BCUT2D eigenvalue weighted by atomic mass is 10.3. The van der Waals surface area contributed by atoms with Crippen LogP contribution in [0.5, 0.6) is 0 Å². The van der Waals surface area contributed by atoms with Gasteiger partial charge in [-0.25, -0.2) is 4.98 Å². The van der Waals surface area contributed by atoms with E-state index in [1.807, 2.05) is 24.3 Å². The highest BCUT2D eigenvalue weighted by Crippen LogP contribution is 2.13. The van der Waals surface area contributed by atoms with E-state index in [1.54, 1.807) is 0 Å². The van der Waals surface area contributed by atoms with Crippen molar-refractivity contribution < 1.29 is 9.90 Å². The molecule has 0 saturated carbocycles. The molecule has 0 aliphatic carbocycles. The van der Waals surface area contributed by atoms with E-state index in [1.165, 1.54) is 0 Å². The van der Waals surface area contributed by atoms with E-state index < -0.39 is 10.8 Å². The predicted molar refractivity (Wildman–Crippen MR) is 60.1 cm³/mol. The number of halogens is 1. The van der Waals surface area contributed by atoms with E-state index >= 15 is 0 Å². The van der Waals surface area contributed by atoms with Crippen molar-refractivity contribution in [1.29, 1.82) is 0 Å². The van der Waals surface area contributed by atoms with Crippen molar-refractivity contribution in [1.82, 2.24) is 9.97 Å². The van der Waals surface area contributed by atoms with Gasteiger partial charge in [-0.15, -0.1) is 0 Å². The van der Waals surface area contributed by atoms with Crippen molar-refractivity contribution in [2.75, 3.05) is 0 Å². The van der Waals surface area contributed by atoms with E-state index in [0.717, 1.165) is 11.0 Å². The quantitative estimate of drug-likeness (QED) is 0.837. The fraction of sp³-hybridized carbons (Fsp3) is 0.200. The summed E-state index contributed by atoms with van der Waals surface area (Å²) in [5.41, 5.74) is 1.79. The SMILES string of the molecule is O=C(O)C(Br)Cc1nc2ccccc2[nH]1. The molecule has 0 aliphatic heterocycles. The number of fused-ring (bicyclic) bond motifs is 1. The van der Waals surface area contributed by atoms with Gasteiger partial charge in [0.2, 0.25) is 0 Å². The van der Waals surface area contributed by atoms with Gasteiger partial charge in [0.05, 0.1) is 11.0 Å². The molecular weight excluding hydrogens is 260 g/mol. The molecule has 5 heteroatoms. The summed E-state index contributed by atoms with van der Waals surface area (Å²) in [7, 11) is 0. The highest BCUT2D eigenvalue weighted by atomic mass is 79.9. The van der Waals surface area contributed by atoms with Gasteiger partial charge in [0.25, 0.3) is 0 Å². The maximum Gasteiger partial charge on any atom is 0.317 e. The Hall–Kier alpha value is -1.36. The van der Waals surface area contributed by atoms with Crippen molar-refractivity contribution in [3.8, 4) is 0 Å². The summed E-state index contributed by atoms with van der Waals surface area (Å²) in [6, 6.07) is 7.61. The van der Waals surface area contributed by atoms with Crippen molar-refractivity contribution in [2.45, 2.75) is 11.2 Å². The fourth-order valence-corrected chi connectivity index (χ4v) is 1.67. The molecule has 0 radical (unpaired) electrons. The van der Waals surface area contributed by atoms with Gasteiger partial charge >= 0.3 is 5.97 Å². The predicted octanol–water partition coefficient (Wildman–Crippen LogP) is 1.95. The van der Waals surface area contributed by atoms with Crippen LogP contribution in [0, 0.1) is 0 Å².